The number of aliphatic hydroxyl groups is 1. The molecule has 1 aliphatic rings. The molecule has 1 aromatic heterocycles. The molecule has 0 atom stereocenters. The van der Waals surface area contributed by atoms with E-state index in [0.717, 1.165) is 49.4 Å². The van der Waals surface area contributed by atoms with Gasteiger partial charge >= 0.3 is 0 Å². The monoisotopic (exact) mass is 292 g/mol. The molecule has 0 unspecified atom stereocenters. The van der Waals surface area contributed by atoms with Crippen LogP contribution in [0.25, 0.3) is 0 Å². The van der Waals surface area contributed by atoms with E-state index < -0.39 is 0 Å². The molecule has 0 aliphatic heterocycles. The number of nitrogens with zero attached hydrogens (tertiary/aromatic N) is 2. The summed E-state index contributed by atoms with van der Waals surface area (Å²) in [7, 11) is 0. The Bertz CT molecular complexity index is 444. The first kappa shape index (κ1) is 16.0. The first-order chi connectivity index (χ1) is 10.2. The normalized spacial score (nSPS) is 17.5. The Kier molecular flexibility index (Phi) is 5.79. The number of anilines is 2. The smallest absolute Gasteiger partial charge is 0.135 e. The maximum Gasteiger partial charge on any atom is 0.135 e. The topological polar surface area (TPSA) is 70.1 Å². The number of aliphatic hydroxyl groups excluding tert-OH is 1. The van der Waals surface area contributed by atoms with Gasteiger partial charge in [-0.05, 0) is 25.7 Å². The van der Waals surface area contributed by atoms with Crippen molar-refractivity contribution in [2.75, 3.05) is 23.8 Å². The Balaban J connectivity index is 2.21. The second-order valence-corrected chi connectivity index (χ2v) is 5.95. The third-order valence-electron chi connectivity index (χ3n) is 4.34. The van der Waals surface area contributed by atoms with E-state index in [0.29, 0.717) is 0 Å². The molecule has 0 spiro atoms. The summed E-state index contributed by atoms with van der Waals surface area (Å²) in [4.78, 5) is 8.80. The molecule has 0 radical (unpaired) electrons. The van der Waals surface area contributed by atoms with E-state index in [9.17, 15) is 5.11 Å². The standard InChI is InChI=1S/C16H28N4O/c1-3-10-17-14-13(4-2)15(19-12-18-14)20-16(11-21)8-6-5-7-9-16/h12,21H,3-11H2,1-2H3,(H2,17,18,19,20). The van der Waals surface area contributed by atoms with E-state index in [1.54, 1.807) is 6.33 Å². The zero-order valence-corrected chi connectivity index (χ0v) is 13.3. The molecule has 1 heterocycles. The van der Waals surface area contributed by atoms with Gasteiger partial charge in [-0.2, -0.15) is 0 Å². The zero-order chi connectivity index (χ0) is 15.1. The fraction of sp³-hybridized carbons (Fsp3) is 0.750. The van der Waals surface area contributed by atoms with Gasteiger partial charge in [-0.15, -0.1) is 0 Å². The molecule has 0 bridgehead atoms. The minimum Gasteiger partial charge on any atom is -0.394 e. The van der Waals surface area contributed by atoms with Crippen LogP contribution in [0.4, 0.5) is 11.6 Å². The molecule has 0 aromatic carbocycles. The van der Waals surface area contributed by atoms with Crippen LogP contribution in [0.3, 0.4) is 0 Å². The van der Waals surface area contributed by atoms with Crippen LogP contribution in [0.1, 0.15) is 57.9 Å². The molecule has 2 rings (SSSR count). The highest BCUT2D eigenvalue weighted by Gasteiger charge is 2.32. The van der Waals surface area contributed by atoms with E-state index in [1.807, 2.05) is 0 Å². The summed E-state index contributed by atoms with van der Waals surface area (Å²) in [5.41, 5.74) is 0.905. The van der Waals surface area contributed by atoms with E-state index in [2.05, 4.69) is 34.4 Å². The van der Waals surface area contributed by atoms with Gasteiger partial charge in [0.15, 0.2) is 0 Å². The van der Waals surface area contributed by atoms with E-state index in [1.165, 1.54) is 19.3 Å². The molecule has 1 saturated carbocycles. The largest absolute Gasteiger partial charge is 0.394 e. The lowest BCUT2D eigenvalue weighted by molar-refractivity contribution is 0.172. The number of hydrogen-bond acceptors (Lipinski definition) is 5. The van der Waals surface area contributed by atoms with Crippen molar-refractivity contribution in [3.05, 3.63) is 11.9 Å². The van der Waals surface area contributed by atoms with Crippen molar-refractivity contribution in [1.82, 2.24) is 9.97 Å². The summed E-state index contributed by atoms with van der Waals surface area (Å²) in [5, 5.41) is 16.8. The lowest BCUT2D eigenvalue weighted by atomic mass is 9.82. The molecule has 0 amide bonds. The molecule has 118 valence electrons. The van der Waals surface area contributed by atoms with Gasteiger partial charge in [0, 0.05) is 12.1 Å². The summed E-state index contributed by atoms with van der Waals surface area (Å²) in [6, 6.07) is 0. The molecule has 5 nitrogen and oxygen atoms in total. The van der Waals surface area contributed by atoms with Crippen molar-refractivity contribution in [3.63, 3.8) is 0 Å². The summed E-state index contributed by atoms with van der Waals surface area (Å²) in [6.45, 7) is 5.34. The summed E-state index contributed by atoms with van der Waals surface area (Å²) < 4.78 is 0. The highest BCUT2D eigenvalue weighted by atomic mass is 16.3. The second kappa shape index (κ2) is 7.59. The lowest BCUT2D eigenvalue weighted by Crippen LogP contribution is -2.44. The molecule has 3 N–H and O–H groups in total. The fourth-order valence-corrected chi connectivity index (χ4v) is 3.05. The van der Waals surface area contributed by atoms with Crippen molar-refractivity contribution < 1.29 is 5.11 Å². The third kappa shape index (κ3) is 3.84. The molecule has 1 aliphatic carbocycles. The lowest BCUT2D eigenvalue weighted by Gasteiger charge is -2.37. The minimum atomic E-state index is -0.210. The van der Waals surface area contributed by atoms with E-state index in [-0.39, 0.29) is 12.1 Å². The van der Waals surface area contributed by atoms with Gasteiger partial charge in [0.05, 0.1) is 12.1 Å². The summed E-state index contributed by atoms with van der Waals surface area (Å²) in [5.74, 6) is 1.79. The van der Waals surface area contributed by atoms with Gasteiger partial charge in [0.1, 0.15) is 18.0 Å². The maximum atomic E-state index is 9.86. The molecule has 5 heteroatoms. The van der Waals surface area contributed by atoms with Gasteiger partial charge in [-0.1, -0.05) is 33.1 Å². The quantitative estimate of drug-likeness (QED) is 0.721. The first-order valence-electron chi connectivity index (χ1n) is 8.21. The number of nitrogens with one attached hydrogen (secondary N) is 2. The minimum absolute atomic E-state index is 0.165. The van der Waals surface area contributed by atoms with Crippen LogP contribution < -0.4 is 10.6 Å². The molecular formula is C16H28N4O. The molecule has 21 heavy (non-hydrogen) atoms. The Morgan fingerprint density at radius 1 is 1.14 bits per heavy atom. The highest BCUT2D eigenvalue weighted by molar-refractivity contribution is 5.58. The predicted octanol–water partition coefficient (Wildman–Crippen LogP) is 2.97. The zero-order valence-electron chi connectivity index (χ0n) is 13.3. The predicted molar refractivity (Wildman–Crippen MR) is 86.7 cm³/mol. The fourth-order valence-electron chi connectivity index (χ4n) is 3.05. The number of aromatic nitrogens is 2. The Morgan fingerprint density at radius 3 is 2.48 bits per heavy atom. The number of rotatable bonds is 7. The van der Waals surface area contributed by atoms with Crippen molar-refractivity contribution >= 4 is 11.6 Å². The van der Waals surface area contributed by atoms with Crippen molar-refractivity contribution in [3.8, 4) is 0 Å². The second-order valence-electron chi connectivity index (χ2n) is 5.95. The van der Waals surface area contributed by atoms with E-state index in [4.69, 9.17) is 0 Å². The van der Waals surface area contributed by atoms with Gasteiger partial charge in [-0.3, -0.25) is 0 Å². The third-order valence-corrected chi connectivity index (χ3v) is 4.34. The number of hydrogen-bond donors (Lipinski definition) is 3. The average Bonchev–Trinajstić information content (AvgIpc) is 2.54. The Morgan fingerprint density at radius 2 is 1.86 bits per heavy atom. The Hall–Kier alpha value is -1.36. The molecule has 1 fully saturated rings. The highest BCUT2D eigenvalue weighted by Crippen LogP contribution is 2.32. The maximum absolute atomic E-state index is 9.86. The summed E-state index contributed by atoms with van der Waals surface area (Å²) >= 11 is 0. The van der Waals surface area contributed by atoms with Crippen LogP contribution in [-0.2, 0) is 6.42 Å². The molecular weight excluding hydrogens is 264 g/mol. The van der Waals surface area contributed by atoms with Gasteiger partial charge in [-0.25, -0.2) is 9.97 Å². The molecule has 0 saturated heterocycles. The van der Waals surface area contributed by atoms with Crippen LogP contribution in [0, 0.1) is 0 Å². The SMILES string of the molecule is CCCNc1ncnc(NC2(CO)CCCCC2)c1CC. The molecule has 1 aromatic rings. The summed E-state index contributed by atoms with van der Waals surface area (Å²) in [6.07, 6.45) is 9.16. The van der Waals surface area contributed by atoms with Crippen molar-refractivity contribution in [2.24, 2.45) is 0 Å². The van der Waals surface area contributed by atoms with Gasteiger partial charge in [0.25, 0.3) is 0 Å². The van der Waals surface area contributed by atoms with Crippen molar-refractivity contribution in [2.45, 2.75) is 64.3 Å². The van der Waals surface area contributed by atoms with Crippen LogP contribution in [0.2, 0.25) is 0 Å². The Labute approximate surface area is 127 Å². The van der Waals surface area contributed by atoms with E-state index >= 15 is 0 Å². The van der Waals surface area contributed by atoms with Crippen LogP contribution in [-0.4, -0.2) is 33.8 Å². The average molecular weight is 292 g/mol. The van der Waals surface area contributed by atoms with Crippen LogP contribution in [0.15, 0.2) is 6.33 Å². The van der Waals surface area contributed by atoms with Crippen molar-refractivity contribution in [1.29, 1.82) is 0 Å². The first-order valence-corrected chi connectivity index (χ1v) is 8.21. The van der Waals surface area contributed by atoms with Gasteiger partial charge in [0.2, 0.25) is 0 Å². The van der Waals surface area contributed by atoms with Crippen LogP contribution in [0.5, 0.6) is 0 Å². The van der Waals surface area contributed by atoms with Crippen LogP contribution >= 0.6 is 0 Å². The van der Waals surface area contributed by atoms with Gasteiger partial charge < -0.3 is 15.7 Å².